The third kappa shape index (κ3) is 4.95. The highest BCUT2D eigenvalue weighted by molar-refractivity contribution is 5.99. The normalized spacial score (nSPS) is 11.6. The molecule has 0 heterocycles. The van der Waals surface area contributed by atoms with Gasteiger partial charge in [0.1, 0.15) is 5.75 Å². The average molecular weight is 372 g/mol. The Morgan fingerprint density at radius 2 is 1.54 bits per heavy atom. The summed E-state index contributed by atoms with van der Waals surface area (Å²) in [5.74, 6) is 0.564. The standard InChI is InChI=1S/C25H24O3/c1-3-18(2)22-9-7-8-19(16-22)17-24(26)20-12-14-21(15-13-20)25(27)28-23-10-5-4-6-11-23/h4-16,18H,3,17H2,1-2H3. The van der Waals surface area contributed by atoms with Crippen molar-refractivity contribution in [1.82, 2.24) is 0 Å². The summed E-state index contributed by atoms with van der Waals surface area (Å²) in [6.07, 6.45) is 1.41. The molecule has 0 fully saturated rings. The highest BCUT2D eigenvalue weighted by Crippen LogP contribution is 2.20. The van der Waals surface area contributed by atoms with Crippen LogP contribution in [0.2, 0.25) is 0 Å². The molecule has 0 spiro atoms. The van der Waals surface area contributed by atoms with Gasteiger partial charge >= 0.3 is 5.97 Å². The van der Waals surface area contributed by atoms with Gasteiger partial charge in [-0.2, -0.15) is 0 Å². The Morgan fingerprint density at radius 1 is 0.857 bits per heavy atom. The van der Waals surface area contributed by atoms with Crippen LogP contribution in [0.25, 0.3) is 0 Å². The molecule has 0 aliphatic carbocycles. The molecule has 1 atom stereocenters. The van der Waals surface area contributed by atoms with Gasteiger partial charge in [0.2, 0.25) is 0 Å². The van der Waals surface area contributed by atoms with Crippen LogP contribution in [0.3, 0.4) is 0 Å². The number of hydrogen-bond acceptors (Lipinski definition) is 3. The number of Topliss-reactive ketones (excluding diaryl/α,β-unsaturated/α-hetero) is 1. The summed E-state index contributed by atoms with van der Waals surface area (Å²) >= 11 is 0. The number of carbonyl (C=O) groups is 2. The van der Waals surface area contributed by atoms with Gasteiger partial charge in [0.05, 0.1) is 5.56 Å². The van der Waals surface area contributed by atoms with Gasteiger partial charge in [-0.05, 0) is 47.7 Å². The van der Waals surface area contributed by atoms with Crippen LogP contribution in [0.4, 0.5) is 0 Å². The zero-order chi connectivity index (χ0) is 19.9. The molecule has 3 heteroatoms. The van der Waals surface area contributed by atoms with Crippen LogP contribution < -0.4 is 4.74 Å². The molecule has 0 radical (unpaired) electrons. The number of esters is 1. The summed E-state index contributed by atoms with van der Waals surface area (Å²) in [5, 5.41) is 0. The van der Waals surface area contributed by atoms with E-state index in [-0.39, 0.29) is 5.78 Å². The molecule has 0 saturated carbocycles. The first-order valence-electron chi connectivity index (χ1n) is 9.56. The van der Waals surface area contributed by atoms with Crippen molar-refractivity contribution < 1.29 is 14.3 Å². The largest absolute Gasteiger partial charge is 0.423 e. The quantitative estimate of drug-likeness (QED) is 0.297. The van der Waals surface area contributed by atoms with Crippen LogP contribution in [0, 0.1) is 0 Å². The van der Waals surface area contributed by atoms with E-state index in [2.05, 4.69) is 26.0 Å². The zero-order valence-electron chi connectivity index (χ0n) is 16.2. The second-order valence-electron chi connectivity index (χ2n) is 6.93. The zero-order valence-corrected chi connectivity index (χ0v) is 16.2. The Hall–Kier alpha value is -3.20. The van der Waals surface area contributed by atoms with E-state index in [1.54, 1.807) is 48.5 Å². The first-order valence-corrected chi connectivity index (χ1v) is 9.56. The Kier molecular flexibility index (Phi) is 6.38. The molecule has 0 aromatic heterocycles. The average Bonchev–Trinajstić information content (AvgIpc) is 2.74. The molecule has 1 unspecified atom stereocenters. The van der Waals surface area contributed by atoms with Crippen LogP contribution in [-0.2, 0) is 6.42 Å². The number of benzene rings is 3. The predicted octanol–water partition coefficient (Wildman–Crippen LogP) is 5.84. The highest BCUT2D eigenvalue weighted by Gasteiger charge is 2.12. The third-order valence-electron chi connectivity index (χ3n) is 4.89. The second kappa shape index (κ2) is 9.14. The minimum absolute atomic E-state index is 0.0317. The van der Waals surface area contributed by atoms with E-state index < -0.39 is 5.97 Å². The van der Waals surface area contributed by atoms with Gasteiger partial charge < -0.3 is 4.74 Å². The van der Waals surface area contributed by atoms with Gasteiger partial charge in [-0.1, -0.05) is 68.4 Å². The lowest BCUT2D eigenvalue weighted by Crippen LogP contribution is -2.09. The molecule has 0 bridgehead atoms. The SMILES string of the molecule is CCC(C)c1cccc(CC(=O)c2ccc(C(=O)Oc3ccccc3)cc2)c1. The minimum atomic E-state index is -0.438. The van der Waals surface area contributed by atoms with Gasteiger partial charge in [0, 0.05) is 12.0 Å². The van der Waals surface area contributed by atoms with E-state index in [4.69, 9.17) is 4.74 Å². The van der Waals surface area contributed by atoms with Crippen LogP contribution in [0.15, 0.2) is 78.9 Å². The first-order chi connectivity index (χ1) is 13.6. The molecular weight excluding hydrogens is 348 g/mol. The maximum Gasteiger partial charge on any atom is 0.343 e. The minimum Gasteiger partial charge on any atom is -0.423 e. The molecule has 0 aliphatic rings. The van der Waals surface area contributed by atoms with Gasteiger partial charge in [-0.25, -0.2) is 4.79 Å². The van der Waals surface area contributed by atoms with E-state index in [1.807, 2.05) is 18.2 Å². The van der Waals surface area contributed by atoms with Gasteiger partial charge in [0.25, 0.3) is 0 Å². The number of ketones is 1. The van der Waals surface area contributed by atoms with Crippen molar-refractivity contribution in [2.24, 2.45) is 0 Å². The summed E-state index contributed by atoms with van der Waals surface area (Å²) in [6.45, 7) is 4.35. The van der Waals surface area contributed by atoms with Crippen LogP contribution in [-0.4, -0.2) is 11.8 Å². The van der Waals surface area contributed by atoms with E-state index in [9.17, 15) is 9.59 Å². The van der Waals surface area contributed by atoms with Crippen molar-refractivity contribution in [2.75, 3.05) is 0 Å². The smallest absolute Gasteiger partial charge is 0.343 e. The first kappa shape index (κ1) is 19.6. The Bertz CT molecular complexity index is 943. The van der Waals surface area contributed by atoms with Gasteiger partial charge in [-0.15, -0.1) is 0 Å². The monoisotopic (exact) mass is 372 g/mol. The molecule has 3 nitrogen and oxygen atoms in total. The lowest BCUT2D eigenvalue weighted by molar-refractivity contribution is 0.0734. The summed E-state index contributed by atoms with van der Waals surface area (Å²) in [5.41, 5.74) is 3.27. The third-order valence-corrected chi connectivity index (χ3v) is 4.89. The number of hydrogen-bond donors (Lipinski definition) is 0. The molecule has 28 heavy (non-hydrogen) atoms. The fourth-order valence-electron chi connectivity index (χ4n) is 2.98. The Morgan fingerprint density at radius 3 is 2.21 bits per heavy atom. The molecule has 0 N–H and O–H groups in total. The van der Waals surface area contributed by atoms with E-state index in [1.165, 1.54) is 5.56 Å². The maximum absolute atomic E-state index is 12.6. The number of rotatable bonds is 7. The summed E-state index contributed by atoms with van der Waals surface area (Å²) in [7, 11) is 0. The Balaban J connectivity index is 1.66. The van der Waals surface area contributed by atoms with Crippen molar-refractivity contribution in [3.8, 4) is 5.75 Å². The summed E-state index contributed by atoms with van der Waals surface area (Å²) in [6, 6.07) is 23.8. The molecule has 0 saturated heterocycles. The van der Waals surface area contributed by atoms with Crippen LogP contribution in [0.1, 0.15) is 58.0 Å². The second-order valence-corrected chi connectivity index (χ2v) is 6.93. The van der Waals surface area contributed by atoms with Crippen molar-refractivity contribution >= 4 is 11.8 Å². The maximum atomic E-state index is 12.6. The van der Waals surface area contributed by atoms with Crippen molar-refractivity contribution in [2.45, 2.75) is 32.6 Å². The summed E-state index contributed by atoms with van der Waals surface area (Å²) < 4.78 is 5.32. The predicted molar refractivity (Wildman–Crippen MR) is 111 cm³/mol. The summed E-state index contributed by atoms with van der Waals surface area (Å²) in [4.78, 5) is 24.8. The van der Waals surface area contributed by atoms with Gasteiger partial charge in [-0.3, -0.25) is 4.79 Å². The van der Waals surface area contributed by atoms with E-state index in [0.29, 0.717) is 29.2 Å². The molecule has 0 amide bonds. The molecule has 3 rings (SSSR count). The Labute approximate surface area is 166 Å². The van der Waals surface area contributed by atoms with Gasteiger partial charge in [0.15, 0.2) is 5.78 Å². The molecular formula is C25H24O3. The highest BCUT2D eigenvalue weighted by atomic mass is 16.5. The molecule has 3 aromatic carbocycles. The molecule has 0 aliphatic heterocycles. The van der Waals surface area contributed by atoms with E-state index in [0.717, 1.165) is 12.0 Å². The van der Waals surface area contributed by atoms with Crippen molar-refractivity contribution in [3.63, 3.8) is 0 Å². The van der Waals surface area contributed by atoms with Crippen molar-refractivity contribution in [3.05, 3.63) is 101 Å². The number of para-hydroxylation sites is 1. The molecule has 142 valence electrons. The lowest BCUT2D eigenvalue weighted by Gasteiger charge is -2.10. The van der Waals surface area contributed by atoms with Crippen LogP contribution >= 0.6 is 0 Å². The topological polar surface area (TPSA) is 43.4 Å². The fraction of sp³-hybridized carbons (Fsp3) is 0.200. The number of ether oxygens (including phenoxy) is 1. The fourth-order valence-corrected chi connectivity index (χ4v) is 2.98. The number of carbonyl (C=O) groups excluding carboxylic acids is 2. The van der Waals surface area contributed by atoms with E-state index >= 15 is 0 Å². The molecule has 3 aromatic rings. The lowest BCUT2D eigenvalue weighted by atomic mass is 9.94. The van der Waals surface area contributed by atoms with Crippen molar-refractivity contribution in [1.29, 1.82) is 0 Å². The van der Waals surface area contributed by atoms with Crippen LogP contribution in [0.5, 0.6) is 5.75 Å².